The molecule has 5 aromatic carbocycles. The number of halogens is 2. The Balaban J connectivity index is 1.23. The molecule has 0 radical (unpaired) electrons. The topological polar surface area (TPSA) is 59.9 Å². The number of hydrazone groups is 1. The number of carbonyl (C=O) groups is 1. The van der Waals surface area contributed by atoms with E-state index in [2.05, 4.69) is 66.7 Å². The van der Waals surface area contributed by atoms with Crippen LogP contribution in [0, 0.1) is 0 Å². The molecule has 0 saturated heterocycles. The number of nitrogens with one attached hydrogen (secondary N) is 1. The van der Waals surface area contributed by atoms with E-state index in [1.807, 2.05) is 66.7 Å². The van der Waals surface area contributed by atoms with Gasteiger partial charge in [0.2, 0.25) is 0 Å². The first-order chi connectivity index (χ1) is 19.1. The van der Waals surface area contributed by atoms with Crippen molar-refractivity contribution in [3.8, 4) is 11.5 Å². The van der Waals surface area contributed by atoms with Gasteiger partial charge in [-0.2, -0.15) is 5.10 Å². The van der Waals surface area contributed by atoms with Crippen LogP contribution in [-0.2, 0) is 13.2 Å². The van der Waals surface area contributed by atoms with E-state index in [1.54, 1.807) is 24.4 Å². The van der Waals surface area contributed by atoms with E-state index < -0.39 is 0 Å². The molecule has 0 atom stereocenters. The van der Waals surface area contributed by atoms with Gasteiger partial charge in [0, 0.05) is 0 Å². The zero-order valence-corrected chi connectivity index (χ0v) is 24.0. The summed E-state index contributed by atoms with van der Waals surface area (Å²) in [6, 6.07) is 35.1. The van der Waals surface area contributed by atoms with Gasteiger partial charge in [0.05, 0.1) is 20.7 Å². The van der Waals surface area contributed by atoms with Gasteiger partial charge in [0.25, 0.3) is 5.91 Å². The van der Waals surface area contributed by atoms with Crippen LogP contribution >= 0.6 is 31.9 Å². The second-order valence-electron chi connectivity index (χ2n) is 8.71. The van der Waals surface area contributed by atoms with Gasteiger partial charge in [-0.25, -0.2) is 5.43 Å². The molecule has 0 aliphatic carbocycles. The number of benzene rings is 5. The lowest BCUT2D eigenvalue weighted by atomic mass is 10.1. The normalized spacial score (nSPS) is 11.0. The number of rotatable bonds is 9. The third-order valence-electron chi connectivity index (χ3n) is 6.02. The van der Waals surface area contributed by atoms with Gasteiger partial charge < -0.3 is 9.47 Å². The van der Waals surface area contributed by atoms with Crippen LogP contribution in [0.3, 0.4) is 0 Å². The Labute approximate surface area is 243 Å². The monoisotopic (exact) mass is 642 g/mol. The van der Waals surface area contributed by atoms with Crippen molar-refractivity contribution in [1.29, 1.82) is 0 Å². The molecule has 0 aliphatic heterocycles. The Morgan fingerprint density at radius 2 is 1.46 bits per heavy atom. The Morgan fingerprint density at radius 1 is 0.769 bits per heavy atom. The lowest BCUT2D eigenvalue weighted by molar-refractivity contribution is 0.0950. The Hall–Kier alpha value is -3.94. The van der Waals surface area contributed by atoms with Crippen molar-refractivity contribution >= 4 is 54.8 Å². The highest BCUT2D eigenvalue weighted by Gasteiger charge is 2.13. The first-order valence-electron chi connectivity index (χ1n) is 12.3. The third-order valence-corrected chi connectivity index (χ3v) is 7.20. The molecule has 0 aromatic heterocycles. The zero-order chi connectivity index (χ0) is 27.0. The summed E-state index contributed by atoms with van der Waals surface area (Å²) in [6.07, 6.45) is 1.58. The molecule has 5 nitrogen and oxygen atoms in total. The summed E-state index contributed by atoms with van der Waals surface area (Å²) >= 11 is 7.21. The standard InChI is InChI=1S/C32H24Br2N2O3/c33-28-17-23(18-29(34)31(28)39-21-25-13-8-12-24-11-4-5-14-26(24)25)19-35-36-32(37)27-15-6-7-16-30(27)38-20-22-9-2-1-3-10-22/h1-19H,20-21H2,(H,36,37)/b35-19-. The number of hydrogen-bond donors (Lipinski definition) is 1. The second-order valence-corrected chi connectivity index (χ2v) is 10.4. The molecule has 39 heavy (non-hydrogen) atoms. The van der Waals surface area contributed by atoms with E-state index in [1.165, 1.54) is 10.8 Å². The van der Waals surface area contributed by atoms with Crippen molar-refractivity contribution in [3.05, 3.63) is 140 Å². The van der Waals surface area contributed by atoms with Gasteiger partial charge in [-0.3, -0.25) is 4.79 Å². The van der Waals surface area contributed by atoms with Crippen LogP contribution in [0.15, 0.2) is 123 Å². The lowest BCUT2D eigenvalue weighted by Gasteiger charge is -2.13. The molecule has 7 heteroatoms. The van der Waals surface area contributed by atoms with Crippen molar-refractivity contribution in [1.82, 2.24) is 5.43 Å². The van der Waals surface area contributed by atoms with Gasteiger partial charge in [-0.1, -0.05) is 84.9 Å². The van der Waals surface area contributed by atoms with Crippen LogP contribution in [0.25, 0.3) is 10.8 Å². The minimum Gasteiger partial charge on any atom is -0.488 e. The van der Waals surface area contributed by atoms with Crippen LogP contribution in [0.5, 0.6) is 11.5 Å². The first kappa shape index (κ1) is 26.7. The maximum absolute atomic E-state index is 12.8. The molecular weight excluding hydrogens is 620 g/mol. The summed E-state index contributed by atoms with van der Waals surface area (Å²) in [4.78, 5) is 12.8. The fourth-order valence-corrected chi connectivity index (χ4v) is 5.55. The molecule has 0 bridgehead atoms. The van der Waals surface area contributed by atoms with Gasteiger partial charge in [0.1, 0.15) is 24.7 Å². The van der Waals surface area contributed by atoms with Crippen LogP contribution in [0.2, 0.25) is 0 Å². The summed E-state index contributed by atoms with van der Waals surface area (Å²) in [6.45, 7) is 0.791. The van der Waals surface area contributed by atoms with E-state index in [4.69, 9.17) is 9.47 Å². The summed E-state index contributed by atoms with van der Waals surface area (Å²) < 4.78 is 13.6. The number of para-hydroxylation sites is 1. The molecule has 0 spiro atoms. The number of hydrogen-bond acceptors (Lipinski definition) is 4. The second kappa shape index (κ2) is 12.7. The number of carbonyl (C=O) groups excluding carboxylic acids is 1. The van der Waals surface area contributed by atoms with Crippen LogP contribution < -0.4 is 14.9 Å². The highest BCUT2D eigenvalue weighted by atomic mass is 79.9. The molecule has 5 rings (SSSR count). The van der Waals surface area contributed by atoms with Crippen molar-refractivity contribution in [2.45, 2.75) is 13.2 Å². The van der Waals surface area contributed by atoms with Crippen LogP contribution in [-0.4, -0.2) is 12.1 Å². The van der Waals surface area contributed by atoms with Crippen LogP contribution in [0.4, 0.5) is 0 Å². The number of ether oxygens (including phenoxy) is 2. The number of amides is 1. The number of fused-ring (bicyclic) bond motifs is 1. The SMILES string of the molecule is O=C(N/N=C\c1cc(Br)c(OCc2cccc3ccccc23)c(Br)c1)c1ccccc1OCc1ccccc1. The van der Waals surface area contributed by atoms with Crippen molar-refractivity contribution in [2.75, 3.05) is 0 Å². The summed E-state index contributed by atoms with van der Waals surface area (Å²) in [7, 11) is 0. The molecule has 5 aromatic rings. The molecule has 1 amide bonds. The zero-order valence-electron chi connectivity index (χ0n) is 20.8. The van der Waals surface area contributed by atoms with E-state index in [9.17, 15) is 4.79 Å². The molecular formula is C32H24Br2N2O3. The van der Waals surface area contributed by atoms with Gasteiger partial charge in [0.15, 0.2) is 0 Å². The van der Waals surface area contributed by atoms with E-state index >= 15 is 0 Å². The summed E-state index contributed by atoms with van der Waals surface area (Å²) in [5, 5.41) is 6.50. The van der Waals surface area contributed by atoms with Crippen molar-refractivity contribution < 1.29 is 14.3 Å². The first-order valence-corrected chi connectivity index (χ1v) is 13.8. The fourth-order valence-electron chi connectivity index (χ4n) is 4.10. The minimum atomic E-state index is -0.358. The predicted molar refractivity (Wildman–Crippen MR) is 162 cm³/mol. The average Bonchev–Trinajstić information content (AvgIpc) is 2.96. The molecule has 0 aliphatic rings. The molecule has 0 unspecified atom stereocenters. The molecule has 1 N–H and O–H groups in total. The highest BCUT2D eigenvalue weighted by molar-refractivity contribution is 9.11. The van der Waals surface area contributed by atoms with Crippen LogP contribution in [0.1, 0.15) is 27.0 Å². The Morgan fingerprint density at radius 3 is 2.28 bits per heavy atom. The van der Waals surface area contributed by atoms with E-state index in [0.717, 1.165) is 25.6 Å². The summed E-state index contributed by atoms with van der Waals surface area (Å²) in [5.74, 6) is 0.823. The lowest BCUT2D eigenvalue weighted by Crippen LogP contribution is -2.18. The van der Waals surface area contributed by atoms with Crippen molar-refractivity contribution in [3.63, 3.8) is 0 Å². The average molecular weight is 644 g/mol. The van der Waals surface area contributed by atoms with E-state index in [0.29, 0.717) is 30.3 Å². The smallest absolute Gasteiger partial charge is 0.275 e. The third kappa shape index (κ3) is 6.74. The molecule has 0 heterocycles. The quantitative estimate of drug-likeness (QED) is 0.130. The Kier molecular flexibility index (Phi) is 8.71. The van der Waals surface area contributed by atoms with E-state index in [-0.39, 0.29) is 5.91 Å². The molecule has 0 saturated carbocycles. The van der Waals surface area contributed by atoms with Gasteiger partial charge >= 0.3 is 0 Å². The van der Waals surface area contributed by atoms with Crippen molar-refractivity contribution in [2.24, 2.45) is 5.10 Å². The maximum atomic E-state index is 12.8. The predicted octanol–water partition coefficient (Wildman–Crippen LogP) is 8.29. The van der Waals surface area contributed by atoms with Gasteiger partial charge in [-0.05, 0) is 83.6 Å². The summed E-state index contributed by atoms with van der Waals surface area (Å²) in [5.41, 5.74) is 5.90. The minimum absolute atomic E-state index is 0.358. The molecule has 0 fully saturated rings. The largest absolute Gasteiger partial charge is 0.488 e. The highest BCUT2D eigenvalue weighted by Crippen LogP contribution is 2.35. The van der Waals surface area contributed by atoms with Gasteiger partial charge in [-0.15, -0.1) is 0 Å². The molecule has 194 valence electrons. The fraction of sp³-hybridized carbons (Fsp3) is 0.0625. The maximum Gasteiger partial charge on any atom is 0.275 e. The Bertz CT molecular complexity index is 1610. The number of nitrogens with zero attached hydrogens (tertiary/aromatic N) is 1.